The fraction of sp³-hybridized carbons (Fsp3) is 0.778. The van der Waals surface area contributed by atoms with E-state index < -0.39 is 0 Å². The van der Waals surface area contributed by atoms with Crippen LogP contribution in [0.3, 0.4) is 0 Å². The Morgan fingerprint density at radius 1 is 1.67 bits per heavy atom. The van der Waals surface area contributed by atoms with Crippen molar-refractivity contribution in [1.29, 1.82) is 0 Å². The molecule has 3 unspecified atom stereocenters. The van der Waals surface area contributed by atoms with Gasteiger partial charge in [0.25, 0.3) is 0 Å². The van der Waals surface area contributed by atoms with Crippen molar-refractivity contribution < 1.29 is 9.57 Å². The average molecular weight is 169 g/mol. The SMILES string of the molecule is C#CCONC1COC(C)C1C. The van der Waals surface area contributed by atoms with Crippen LogP contribution in [0, 0.1) is 18.3 Å². The summed E-state index contributed by atoms with van der Waals surface area (Å²) in [5, 5.41) is 0. The second-order valence-corrected chi connectivity index (χ2v) is 3.11. The molecule has 1 saturated heterocycles. The van der Waals surface area contributed by atoms with Gasteiger partial charge in [0.05, 0.1) is 18.8 Å². The smallest absolute Gasteiger partial charge is 0.128 e. The van der Waals surface area contributed by atoms with Crippen LogP contribution in [0.5, 0.6) is 0 Å². The van der Waals surface area contributed by atoms with Gasteiger partial charge in [-0.25, -0.2) is 0 Å². The van der Waals surface area contributed by atoms with Gasteiger partial charge >= 0.3 is 0 Å². The minimum Gasteiger partial charge on any atom is -0.376 e. The lowest BCUT2D eigenvalue weighted by molar-refractivity contribution is 0.0281. The van der Waals surface area contributed by atoms with E-state index >= 15 is 0 Å². The number of rotatable bonds is 3. The fourth-order valence-corrected chi connectivity index (χ4v) is 1.22. The zero-order valence-corrected chi connectivity index (χ0v) is 7.54. The zero-order valence-electron chi connectivity index (χ0n) is 7.54. The highest BCUT2D eigenvalue weighted by atomic mass is 16.6. The molecule has 1 heterocycles. The monoisotopic (exact) mass is 169 g/mol. The number of hydrogen-bond donors (Lipinski definition) is 1. The average Bonchev–Trinajstić information content (AvgIpc) is 2.36. The van der Waals surface area contributed by atoms with Crippen LogP contribution in [-0.4, -0.2) is 25.4 Å². The molecule has 68 valence electrons. The molecule has 1 N–H and O–H groups in total. The molecule has 0 aromatic heterocycles. The molecule has 3 nitrogen and oxygen atoms in total. The molecule has 0 aliphatic carbocycles. The van der Waals surface area contributed by atoms with Gasteiger partial charge in [0.2, 0.25) is 0 Å². The minimum absolute atomic E-state index is 0.272. The van der Waals surface area contributed by atoms with Gasteiger partial charge in [-0.15, -0.1) is 6.42 Å². The van der Waals surface area contributed by atoms with Crippen LogP contribution < -0.4 is 5.48 Å². The lowest BCUT2D eigenvalue weighted by Gasteiger charge is -2.15. The molecule has 1 aliphatic heterocycles. The fourth-order valence-electron chi connectivity index (χ4n) is 1.22. The highest BCUT2D eigenvalue weighted by Crippen LogP contribution is 2.19. The maximum Gasteiger partial charge on any atom is 0.128 e. The van der Waals surface area contributed by atoms with Gasteiger partial charge in [-0.05, 0) is 6.92 Å². The summed E-state index contributed by atoms with van der Waals surface area (Å²) in [7, 11) is 0. The minimum atomic E-state index is 0.272. The summed E-state index contributed by atoms with van der Waals surface area (Å²) >= 11 is 0. The summed E-state index contributed by atoms with van der Waals surface area (Å²) in [6, 6.07) is 0.272. The molecule has 0 saturated carbocycles. The first-order chi connectivity index (χ1) is 5.75. The molecule has 0 spiro atoms. The molecular formula is C9H15NO2. The first kappa shape index (κ1) is 9.53. The molecular weight excluding hydrogens is 154 g/mol. The molecule has 1 rings (SSSR count). The van der Waals surface area contributed by atoms with Crippen LogP contribution in [0.1, 0.15) is 13.8 Å². The number of hydroxylamine groups is 1. The molecule has 0 aromatic rings. The molecule has 3 heteroatoms. The van der Waals surface area contributed by atoms with E-state index in [1.807, 2.05) is 0 Å². The van der Waals surface area contributed by atoms with Crippen LogP contribution in [-0.2, 0) is 9.57 Å². The van der Waals surface area contributed by atoms with Crippen LogP contribution in [0.25, 0.3) is 0 Å². The standard InChI is InChI=1S/C9H15NO2/c1-4-5-12-10-9-6-11-8(3)7(9)2/h1,7-10H,5-6H2,2-3H3. The van der Waals surface area contributed by atoms with Crippen molar-refractivity contribution in [3.8, 4) is 12.3 Å². The highest BCUT2D eigenvalue weighted by Gasteiger charge is 2.30. The lowest BCUT2D eigenvalue weighted by atomic mass is 10.0. The van der Waals surface area contributed by atoms with Crippen molar-refractivity contribution in [2.75, 3.05) is 13.2 Å². The van der Waals surface area contributed by atoms with Crippen molar-refractivity contribution >= 4 is 0 Å². The maximum absolute atomic E-state index is 5.41. The van der Waals surface area contributed by atoms with Gasteiger partial charge in [-0.3, -0.25) is 4.84 Å². The third-order valence-corrected chi connectivity index (χ3v) is 2.30. The van der Waals surface area contributed by atoms with Crippen LogP contribution in [0.2, 0.25) is 0 Å². The Morgan fingerprint density at radius 2 is 2.42 bits per heavy atom. The van der Waals surface area contributed by atoms with Gasteiger partial charge in [0.1, 0.15) is 6.61 Å². The van der Waals surface area contributed by atoms with Crippen molar-refractivity contribution in [2.24, 2.45) is 5.92 Å². The lowest BCUT2D eigenvalue weighted by Crippen LogP contribution is -2.35. The Labute approximate surface area is 73.4 Å². The summed E-state index contributed by atoms with van der Waals surface area (Å²) in [6.07, 6.45) is 5.33. The van der Waals surface area contributed by atoms with Gasteiger partial charge < -0.3 is 4.74 Å². The van der Waals surface area contributed by atoms with Crippen molar-refractivity contribution in [1.82, 2.24) is 5.48 Å². The van der Waals surface area contributed by atoms with E-state index in [2.05, 4.69) is 25.2 Å². The molecule has 0 radical (unpaired) electrons. The maximum atomic E-state index is 5.41. The first-order valence-electron chi connectivity index (χ1n) is 4.18. The first-order valence-corrected chi connectivity index (χ1v) is 4.18. The molecule has 3 atom stereocenters. The number of nitrogens with one attached hydrogen (secondary N) is 1. The second-order valence-electron chi connectivity index (χ2n) is 3.11. The van der Waals surface area contributed by atoms with Crippen LogP contribution in [0.4, 0.5) is 0 Å². The van der Waals surface area contributed by atoms with E-state index in [0.29, 0.717) is 25.2 Å². The molecule has 0 amide bonds. The molecule has 0 bridgehead atoms. The number of terminal acetylenes is 1. The topological polar surface area (TPSA) is 30.5 Å². The highest BCUT2D eigenvalue weighted by molar-refractivity contribution is 4.84. The Hall–Kier alpha value is -0.560. The van der Waals surface area contributed by atoms with E-state index in [1.54, 1.807) is 0 Å². The largest absolute Gasteiger partial charge is 0.376 e. The quantitative estimate of drug-likeness (QED) is 0.380. The second kappa shape index (κ2) is 4.46. The van der Waals surface area contributed by atoms with Crippen LogP contribution in [0.15, 0.2) is 0 Å². The third-order valence-electron chi connectivity index (χ3n) is 2.30. The van der Waals surface area contributed by atoms with Gasteiger partial charge in [0, 0.05) is 5.92 Å². The summed E-state index contributed by atoms with van der Waals surface area (Å²) in [5.41, 5.74) is 2.90. The van der Waals surface area contributed by atoms with Gasteiger partial charge in [0.15, 0.2) is 0 Å². The number of hydrogen-bond acceptors (Lipinski definition) is 3. The summed E-state index contributed by atoms with van der Waals surface area (Å²) < 4.78 is 5.41. The van der Waals surface area contributed by atoms with E-state index in [9.17, 15) is 0 Å². The summed E-state index contributed by atoms with van der Waals surface area (Å²) in [6.45, 7) is 5.20. The van der Waals surface area contributed by atoms with E-state index in [0.717, 1.165) is 0 Å². The number of ether oxygens (including phenoxy) is 1. The van der Waals surface area contributed by atoms with Crippen molar-refractivity contribution in [2.45, 2.75) is 26.0 Å². The predicted octanol–water partition coefficient (Wildman–Crippen LogP) is 0.564. The molecule has 0 aromatic carbocycles. The molecule has 12 heavy (non-hydrogen) atoms. The Balaban J connectivity index is 2.21. The van der Waals surface area contributed by atoms with Crippen molar-refractivity contribution in [3.05, 3.63) is 0 Å². The third kappa shape index (κ3) is 2.21. The van der Waals surface area contributed by atoms with E-state index in [4.69, 9.17) is 16.0 Å². The Morgan fingerprint density at radius 3 is 2.92 bits per heavy atom. The summed E-state index contributed by atoms with van der Waals surface area (Å²) in [5.74, 6) is 2.87. The zero-order chi connectivity index (χ0) is 8.97. The predicted molar refractivity (Wildman–Crippen MR) is 46.3 cm³/mol. The van der Waals surface area contributed by atoms with Crippen LogP contribution >= 0.6 is 0 Å². The normalized spacial score (nSPS) is 34.9. The Bertz CT molecular complexity index is 176. The molecule has 1 aliphatic rings. The Kier molecular flexibility index (Phi) is 3.54. The summed E-state index contributed by atoms with van der Waals surface area (Å²) in [4.78, 5) is 5.02. The van der Waals surface area contributed by atoms with Gasteiger partial charge in [-0.2, -0.15) is 5.48 Å². The van der Waals surface area contributed by atoms with E-state index in [-0.39, 0.29) is 6.04 Å². The van der Waals surface area contributed by atoms with Crippen molar-refractivity contribution in [3.63, 3.8) is 0 Å². The molecule has 1 fully saturated rings. The van der Waals surface area contributed by atoms with Gasteiger partial charge in [-0.1, -0.05) is 12.8 Å². The van der Waals surface area contributed by atoms with E-state index in [1.165, 1.54) is 0 Å².